The Bertz CT molecular complexity index is 209. The first-order valence-corrected chi connectivity index (χ1v) is 4.23. The van der Waals surface area contributed by atoms with E-state index in [1.165, 1.54) is 0 Å². The van der Waals surface area contributed by atoms with Gasteiger partial charge in [-0.05, 0) is 12.8 Å². The number of nitrogens with zero attached hydrogens (tertiary/aromatic N) is 2. The Labute approximate surface area is 72.2 Å². The summed E-state index contributed by atoms with van der Waals surface area (Å²) in [6.07, 6.45) is 1.63. The number of nitrogens with one attached hydrogen (secondary N) is 1. The molecule has 1 N–H and O–H groups in total. The maximum Gasteiger partial charge on any atom is 0.318 e. The van der Waals surface area contributed by atoms with E-state index in [9.17, 15) is 4.79 Å². The molecule has 0 bridgehead atoms. The number of nitriles is 1. The van der Waals surface area contributed by atoms with E-state index < -0.39 is 0 Å². The summed E-state index contributed by atoms with van der Waals surface area (Å²) >= 11 is 0. The van der Waals surface area contributed by atoms with Crippen molar-refractivity contribution in [3.05, 3.63) is 0 Å². The van der Waals surface area contributed by atoms with Crippen LogP contribution in [0, 0.1) is 11.3 Å². The van der Waals surface area contributed by atoms with Crippen molar-refractivity contribution >= 4 is 6.03 Å². The smallest absolute Gasteiger partial charge is 0.318 e. The summed E-state index contributed by atoms with van der Waals surface area (Å²) in [5.74, 6) is 0. The molecule has 0 aromatic rings. The second-order valence-corrected chi connectivity index (χ2v) is 2.83. The average molecular weight is 167 g/mol. The van der Waals surface area contributed by atoms with Gasteiger partial charge in [-0.1, -0.05) is 6.92 Å². The minimum Gasteiger partial charge on any atom is -0.338 e. The van der Waals surface area contributed by atoms with E-state index >= 15 is 0 Å². The number of hydrogen-bond acceptors (Lipinski definition) is 2. The van der Waals surface area contributed by atoms with E-state index in [4.69, 9.17) is 5.26 Å². The fourth-order valence-electron chi connectivity index (χ4n) is 1.33. The highest BCUT2D eigenvalue weighted by Crippen LogP contribution is 2.07. The lowest BCUT2D eigenvalue weighted by Gasteiger charge is -2.30. The van der Waals surface area contributed by atoms with Crippen molar-refractivity contribution in [3.63, 3.8) is 0 Å². The number of rotatable bonds is 2. The van der Waals surface area contributed by atoms with Crippen molar-refractivity contribution in [1.29, 1.82) is 5.26 Å². The maximum atomic E-state index is 11.2. The van der Waals surface area contributed by atoms with E-state index in [2.05, 4.69) is 11.4 Å². The Kier molecular flexibility index (Phi) is 2.92. The third-order valence-electron chi connectivity index (χ3n) is 2.02. The van der Waals surface area contributed by atoms with Crippen LogP contribution in [0.1, 0.15) is 19.8 Å². The molecule has 4 heteroatoms. The molecule has 1 aliphatic rings. The van der Waals surface area contributed by atoms with Crippen LogP contribution in [-0.4, -0.2) is 30.1 Å². The fraction of sp³-hybridized carbons (Fsp3) is 0.750. The number of carbonyl (C=O) groups excluding carboxylic acids is 1. The SMILES string of the molecule is CCC(C#N)N1CCCNC1=O. The summed E-state index contributed by atoms with van der Waals surface area (Å²) in [7, 11) is 0. The highest BCUT2D eigenvalue weighted by molar-refractivity contribution is 5.75. The molecule has 4 nitrogen and oxygen atoms in total. The van der Waals surface area contributed by atoms with Gasteiger partial charge in [-0.15, -0.1) is 0 Å². The minimum atomic E-state index is -0.259. The van der Waals surface area contributed by atoms with Gasteiger partial charge >= 0.3 is 6.03 Å². The number of carbonyl (C=O) groups is 1. The Morgan fingerprint density at radius 3 is 3.08 bits per heavy atom. The number of hydrogen-bond donors (Lipinski definition) is 1. The van der Waals surface area contributed by atoms with E-state index in [0.717, 1.165) is 13.0 Å². The maximum absolute atomic E-state index is 11.2. The molecule has 0 aromatic heterocycles. The van der Waals surface area contributed by atoms with Gasteiger partial charge < -0.3 is 10.2 Å². The van der Waals surface area contributed by atoms with E-state index in [-0.39, 0.29) is 12.1 Å². The first-order valence-electron chi connectivity index (χ1n) is 4.23. The summed E-state index contributed by atoms with van der Waals surface area (Å²) in [6.45, 7) is 3.35. The predicted molar refractivity (Wildman–Crippen MR) is 44.4 cm³/mol. The van der Waals surface area contributed by atoms with Crippen LogP contribution in [-0.2, 0) is 0 Å². The zero-order valence-corrected chi connectivity index (χ0v) is 7.21. The molecule has 66 valence electrons. The zero-order valence-electron chi connectivity index (χ0n) is 7.21. The van der Waals surface area contributed by atoms with E-state index in [1.807, 2.05) is 6.92 Å². The van der Waals surface area contributed by atoms with Gasteiger partial charge in [0.05, 0.1) is 6.07 Å². The molecule has 0 spiro atoms. The summed E-state index contributed by atoms with van der Waals surface area (Å²) < 4.78 is 0. The van der Waals surface area contributed by atoms with Crippen molar-refractivity contribution in [2.75, 3.05) is 13.1 Å². The largest absolute Gasteiger partial charge is 0.338 e. The second-order valence-electron chi connectivity index (χ2n) is 2.83. The van der Waals surface area contributed by atoms with Crippen LogP contribution in [0.25, 0.3) is 0 Å². The van der Waals surface area contributed by atoms with E-state index in [0.29, 0.717) is 13.0 Å². The number of urea groups is 1. The fourth-order valence-corrected chi connectivity index (χ4v) is 1.33. The van der Waals surface area contributed by atoms with Crippen molar-refractivity contribution in [1.82, 2.24) is 10.2 Å². The van der Waals surface area contributed by atoms with Crippen LogP contribution < -0.4 is 5.32 Å². The molecule has 1 rings (SSSR count). The predicted octanol–water partition coefficient (Wildman–Crippen LogP) is 0.704. The molecule has 0 saturated carbocycles. The lowest BCUT2D eigenvalue weighted by Crippen LogP contribution is -2.50. The van der Waals surface area contributed by atoms with Gasteiger partial charge in [-0.25, -0.2) is 4.79 Å². The molecule has 1 unspecified atom stereocenters. The molecular weight excluding hydrogens is 154 g/mol. The van der Waals surface area contributed by atoms with Crippen molar-refractivity contribution < 1.29 is 4.79 Å². The third-order valence-corrected chi connectivity index (χ3v) is 2.02. The van der Waals surface area contributed by atoms with E-state index in [1.54, 1.807) is 4.90 Å². The standard InChI is InChI=1S/C8H13N3O/c1-2-7(6-9)11-5-3-4-10-8(11)12/h7H,2-5H2,1H3,(H,10,12). The monoisotopic (exact) mass is 167 g/mol. The van der Waals surface area contributed by atoms with Gasteiger partial charge in [-0.2, -0.15) is 5.26 Å². The second kappa shape index (κ2) is 3.96. The zero-order chi connectivity index (χ0) is 8.97. The van der Waals surface area contributed by atoms with Gasteiger partial charge in [-0.3, -0.25) is 0 Å². The Morgan fingerprint density at radius 1 is 1.83 bits per heavy atom. The topological polar surface area (TPSA) is 56.1 Å². The number of amides is 2. The van der Waals surface area contributed by atoms with Gasteiger partial charge in [0.15, 0.2) is 0 Å². The Morgan fingerprint density at radius 2 is 2.58 bits per heavy atom. The highest BCUT2D eigenvalue weighted by Gasteiger charge is 2.23. The van der Waals surface area contributed by atoms with Crippen LogP contribution in [0.4, 0.5) is 4.79 Å². The molecule has 1 aliphatic heterocycles. The lowest BCUT2D eigenvalue weighted by molar-refractivity contribution is 0.173. The van der Waals surface area contributed by atoms with Crippen LogP contribution in [0.5, 0.6) is 0 Å². The summed E-state index contributed by atoms with van der Waals surface area (Å²) in [5, 5.41) is 11.4. The quantitative estimate of drug-likeness (QED) is 0.658. The van der Waals surface area contributed by atoms with Crippen molar-refractivity contribution in [2.24, 2.45) is 0 Å². The normalized spacial score (nSPS) is 19.7. The summed E-state index contributed by atoms with van der Waals surface area (Å²) in [6, 6.07) is 1.76. The molecule has 0 aromatic carbocycles. The van der Waals surface area contributed by atoms with Gasteiger partial charge in [0, 0.05) is 13.1 Å². The molecule has 1 saturated heterocycles. The molecule has 1 atom stereocenters. The van der Waals surface area contributed by atoms with Gasteiger partial charge in [0.1, 0.15) is 6.04 Å². The molecule has 1 heterocycles. The van der Waals surface area contributed by atoms with Gasteiger partial charge in [0.2, 0.25) is 0 Å². The Balaban J connectivity index is 2.59. The highest BCUT2D eigenvalue weighted by atomic mass is 16.2. The summed E-state index contributed by atoms with van der Waals surface area (Å²) in [5.41, 5.74) is 0. The summed E-state index contributed by atoms with van der Waals surface area (Å²) in [4.78, 5) is 12.8. The van der Waals surface area contributed by atoms with Gasteiger partial charge in [0.25, 0.3) is 0 Å². The minimum absolute atomic E-state index is 0.102. The van der Waals surface area contributed by atoms with Crippen LogP contribution in [0.3, 0.4) is 0 Å². The van der Waals surface area contributed by atoms with Crippen LogP contribution >= 0.6 is 0 Å². The van der Waals surface area contributed by atoms with Crippen LogP contribution in [0.2, 0.25) is 0 Å². The molecule has 0 radical (unpaired) electrons. The van der Waals surface area contributed by atoms with Crippen LogP contribution in [0.15, 0.2) is 0 Å². The lowest BCUT2D eigenvalue weighted by atomic mass is 10.2. The van der Waals surface area contributed by atoms with Crippen molar-refractivity contribution in [2.45, 2.75) is 25.8 Å². The molecule has 2 amide bonds. The first-order chi connectivity index (χ1) is 5.79. The molecule has 0 aliphatic carbocycles. The van der Waals surface area contributed by atoms with Crippen molar-refractivity contribution in [3.8, 4) is 6.07 Å². The first kappa shape index (κ1) is 8.85. The Hall–Kier alpha value is -1.24. The third kappa shape index (κ3) is 1.67. The molecular formula is C8H13N3O. The average Bonchev–Trinajstić information content (AvgIpc) is 2.10. The molecule has 1 fully saturated rings. The molecule has 12 heavy (non-hydrogen) atoms.